The van der Waals surface area contributed by atoms with Crippen LogP contribution in [0.2, 0.25) is 0 Å². The minimum Gasteiger partial charge on any atom is -0.480 e. The molecule has 0 rings (SSSR count). The van der Waals surface area contributed by atoms with E-state index >= 15 is 0 Å². The predicted molar refractivity (Wildman–Crippen MR) is 217 cm³/mol. The molecule has 11 nitrogen and oxygen atoms in total. The van der Waals surface area contributed by atoms with Crippen LogP contribution in [0.1, 0.15) is 206 Å². The van der Waals surface area contributed by atoms with Crippen molar-refractivity contribution in [3.05, 3.63) is 12.2 Å². The third-order valence-electron chi connectivity index (χ3n) is 9.53. The summed E-state index contributed by atoms with van der Waals surface area (Å²) in [5.74, 6) is -2.43. The van der Waals surface area contributed by atoms with E-state index in [1.54, 1.807) is 0 Å². The molecule has 4 N–H and O–H groups in total. The highest BCUT2D eigenvalue weighted by Gasteiger charge is 2.28. The molecule has 0 aliphatic heterocycles. The summed E-state index contributed by atoms with van der Waals surface area (Å²) in [7, 11) is -4.72. The summed E-state index contributed by atoms with van der Waals surface area (Å²) in [5, 5.41) is 8.88. The first kappa shape index (κ1) is 52.2. The fourth-order valence-electron chi connectivity index (χ4n) is 6.08. The molecule has 0 radical (unpaired) electrons. The number of hydrogen-bond donors (Lipinski definition) is 3. The largest absolute Gasteiger partial charge is 0.480 e. The van der Waals surface area contributed by atoms with Gasteiger partial charge in [-0.15, -0.1) is 0 Å². The van der Waals surface area contributed by atoms with Crippen LogP contribution >= 0.6 is 7.82 Å². The van der Waals surface area contributed by atoms with Crippen LogP contribution in [-0.4, -0.2) is 59.9 Å². The van der Waals surface area contributed by atoms with Crippen LogP contribution in [0.5, 0.6) is 0 Å². The molecule has 0 heterocycles. The number of rotatable bonds is 41. The number of allylic oxidation sites excluding steroid dienone is 2. The van der Waals surface area contributed by atoms with E-state index in [1.165, 1.54) is 135 Å². The Morgan fingerprint density at radius 3 is 1.43 bits per heavy atom. The van der Waals surface area contributed by atoms with Crippen LogP contribution in [-0.2, 0) is 37.5 Å². The van der Waals surface area contributed by atoms with Gasteiger partial charge in [0.15, 0.2) is 6.10 Å². The van der Waals surface area contributed by atoms with E-state index in [0.29, 0.717) is 12.8 Å². The summed E-state index contributed by atoms with van der Waals surface area (Å²) in [6, 6.07) is -1.52. The van der Waals surface area contributed by atoms with Gasteiger partial charge >= 0.3 is 25.7 Å². The molecule has 3 atom stereocenters. The molecule has 0 aliphatic rings. The molecule has 0 aromatic heterocycles. The first-order valence-corrected chi connectivity index (χ1v) is 23.2. The number of carbonyl (C=O) groups excluding carboxylic acids is 2. The van der Waals surface area contributed by atoms with Gasteiger partial charge in [0.2, 0.25) is 0 Å². The van der Waals surface area contributed by atoms with Gasteiger partial charge in [-0.2, -0.15) is 0 Å². The maximum absolute atomic E-state index is 12.6. The van der Waals surface area contributed by atoms with Crippen molar-refractivity contribution < 1.29 is 47.5 Å². The highest BCUT2D eigenvalue weighted by Crippen LogP contribution is 2.43. The summed E-state index contributed by atoms with van der Waals surface area (Å²) in [5.41, 5.74) is 5.33. The van der Waals surface area contributed by atoms with E-state index in [2.05, 4.69) is 24.4 Å². The zero-order valence-electron chi connectivity index (χ0n) is 34.3. The van der Waals surface area contributed by atoms with Gasteiger partial charge in [-0.3, -0.25) is 23.4 Å². The van der Waals surface area contributed by atoms with Crippen molar-refractivity contribution in [2.45, 2.75) is 219 Å². The number of phosphoric acid groups is 1. The molecule has 0 saturated carbocycles. The Morgan fingerprint density at radius 2 is 0.963 bits per heavy atom. The molecule has 0 amide bonds. The van der Waals surface area contributed by atoms with Gasteiger partial charge in [0, 0.05) is 12.8 Å². The lowest BCUT2D eigenvalue weighted by atomic mass is 10.0. The number of ether oxygens (including phenoxy) is 2. The van der Waals surface area contributed by atoms with Gasteiger partial charge in [0.25, 0.3) is 0 Å². The topological polar surface area (TPSA) is 172 Å². The van der Waals surface area contributed by atoms with Crippen molar-refractivity contribution in [3.8, 4) is 0 Å². The lowest BCUT2D eigenvalue weighted by Gasteiger charge is -2.20. The second kappa shape index (κ2) is 38.1. The second-order valence-corrected chi connectivity index (χ2v) is 16.3. The lowest BCUT2D eigenvalue weighted by Crippen LogP contribution is -2.34. The monoisotopic (exact) mass is 790 g/mol. The van der Waals surface area contributed by atoms with Crippen molar-refractivity contribution in [2.24, 2.45) is 5.73 Å². The van der Waals surface area contributed by atoms with E-state index in [4.69, 9.17) is 24.8 Å². The number of phosphoric ester groups is 1. The Kier molecular flexibility index (Phi) is 36.9. The van der Waals surface area contributed by atoms with Gasteiger partial charge in [-0.25, -0.2) is 4.57 Å². The minimum absolute atomic E-state index is 0.0824. The number of carboxylic acids is 1. The molecule has 0 aromatic rings. The van der Waals surface area contributed by atoms with Crippen LogP contribution in [0.3, 0.4) is 0 Å². The summed E-state index contributed by atoms with van der Waals surface area (Å²) in [4.78, 5) is 45.9. The van der Waals surface area contributed by atoms with E-state index in [9.17, 15) is 23.8 Å². The normalized spacial score (nSPS) is 13.9. The number of carbonyl (C=O) groups is 3. The van der Waals surface area contributed by atoms with E-state index in [0.717, 1.165) is 32.1 Å². The number of esters is 2. The Labute approximate surface area is 328 Å². The maximum Gasteiger partial charge on any atom is 0.472 e. The predicted octanol–water partition coefficient (Wildman–Crippen LogP) is 11.3. The summed E-state index contributed by atoms with van der Waals surface area (Å²) in [6.45, 7) is 2.78. The van der Waals surface area contributed by atoms with Gasteiger partial charge in [0.05, 0.1) is 13.2 Å². The van der Waals surface area contributed by atoms with Gasteiger partial charge in [-0.05, 0) is 25.7 Å². The number of carboxylic acid groups (broad SMARTS) is 1. The molecule has 0 aromatic carbocycles. The highest BCUT2D eigenvalue weighted by molar-refractivity contribution is 7.47. The third kappa shape index (κ3) is 37.2. The van der Waals surface area contributed by atoms with Crippen LogP contribution in [0.15, 0.2) is 12.2 Å². The average molecular weight is 790 g/mol. The fourth-order valence-corrected chi connectivity index (χ4v) is 6.86. The number of nitrogens with two attached hydrogens (primary N) is 1. The number of hydrogen-bond acceptors (Lipinski definition) is 9. The Balaban J connectivity index is 4.38. The number of aliphatic carboxylic acids is 1. The average Bonchev–Trinajstić information content (AvgIpc) is 3.14. The molecule has 0 fully saturated rings. The molecular formula is C42H80NO10P. The molecule has 0 spiro atoms. The van der Waals surface area contributed by atoms with Crippen molar-refractivity contribution in [1.82, 2.24) is 0 Å². The molecule has 12 heteroatoms. The Morgan fingerprint density at radius 1 is 0.556 bits per heavy atom. The van der Waals surface area contributed by atoms with E-state index < -0.39 is 51.1 Å². The summed E-state index contributed by atoms with van der Waals surface area (Å²) < 4.78 is 32.6. The SMILES string of the molecule is CCCCCCCCCCCCC/C=C\CCC(=O)OC(COC(=O)CCCCCCCCCCCCCCCCC)COP(=O)(O)OCC(N)C(=O)O. The summed E-state index contributed by atoms with van der Waals surface area (Å²) in [6.07, 6.45) is 37.2. The smallest absolute Gasteiger partial charge is 0.472 e. The Bertz CT molecular complexity index is 979. The Hall–Kier alpha value is -1.78. The first-order valence-electron chi connectivity index (χ1n) is 21.7. The van der Waals surface area contributed by atoms with Crippen molar-refractivity contribution >= 4 is 25.7 Å². The van der Waals surface area contributed by atoms with Gasteiger partial charge < -0.3 is 25.2 Å². The molecule has 0 bridgehead atoms. The van der Waals surface area contributed by atoms with Crippen LogP contribution in [0.4, 0.5) is 0 Å². The summed E-state index contributed by atoms with van der Waals surface area (Å²) >= 11 is 0. The highest BCUT2D eigenvalue weighted by atomic mass is 31.2. The van der Waals surface area contributed by atoms with Crippen molar-refractivity contribution in [3.63, 3.8) is 0 Å². The molecule has 54 heavy (non-hydrogen) atoms. The van der Waals surface area contributed by atoms with Crippen LogP contribution in [0.25, 0.3) is 0 Å². The maximum atomic E-state index is 12.6. The van der Waals surface area contributed by atoms with E-state index in [1.807, 2.05) is 6.08 Å². The van der Waals surface area contributed by atoms with Crippen molar-refractivity contribution in [2.75, 3.05) is 19.8 Å². The van der Waals surface area contributed by atoms with Crippen molar-refractivity contribution in [1.29, 1.82) is 0 Å². The third-order valence-corrected chi connectivity index (χ3v) is 10.5. The van der Waals surface area contributed by atoms with Gasteiger partial charge in [-0.1, -0.05) is 180 Å². The molecule has 0 saturated heterocycles. The fraction of sp³-hybridized carbons (Fsp3) is 0.881. The molecule has 3 unspecified atom stereocenters. The number of unbranched alkanes of at least 4 members (excludes halogenated alkanes) is 25. The van der Waals surface area contributed by atoms with Crippen LogP contribution in [0, 0.1) is 0 Å². The van der Waals surface area contributed by atoms with Crippen LogP contribution < -0.4 is 5.73 Å². The zero-order valence-corrected chi connectivity index (χ0v) is 35.2. The standard InChI is InChI=1S/C42H80NO10P/c1-3-5-7-9-11-13-15-17-19-21-23-25-27-29-31-33-40(44)50-35-38(36-51-54(48,49)52-37-39(43)42(46)47)53-41(45)34-32-30-28-26-24-22-20-18-16-14-12-10-8-6-4-2/h28,30,38-39H,3-27,29,31-37,43H2,1-2H3,(H,46,47)(H,48,49)/b30-28-. The zero-order chi connectivity index (χ0) is 40.0. The molecular weight excluding hydrogens is 709 g/mol. The second-order valence-electron chi connectivity index (χ2n) is 14.8. The lowest BCUT2D eigenvalue weighted by molar-refractivity contribution is -0.161. The van der Waals surface area contributed by atoms with Gasteiger partial charge in [0.1, 0.15) is 12.6 Å². The molecule has 318 valence electrons. The first-order chi connectivity index (χ1) is 26.1. The minimum atomic E-state index is -4.72. The molecule has 0 aliphatic carbocycles. The van der Waals surface area contributed by atoms with E-state index in [-0.39, 0.29) is 19.4 Å². The quantitative estimate of drug-likeness (QED) is 0.0233.